The normalized spacial score (nSPS) is 37.2. The molecule has 4 rings (SSSR count). The van der Waals surface area contributed by atoms with Crippen molar-refractivity contribution < 1.29 is 4.39 Å². The van der Waals surface area contributed by atoms with E-state index < -0.39 is 0 Å². The second-order valence-electron chi connectivity index (χ2n) is 10.2. The minimum absolute atomic E-state index is 0.117. The molecule has 0 aromatic heterocycles. The molecule has 1 aromatic carbocycles. The lowest BCUT2D eigenvalue weighted by Gasteiger charge is -2.36. The van der Waals surface area contributed by atoms with E-state index >= 15 is 0 Å². The predicted molar refractivity (Wildman–Crippen MR) is 117 cm³/mol. The van der Waals surface area contributed by atoms with Crippen molar-refractivity contribution in [2.45, 2.75) is 89.9 Å². The summed E-state index contributed by atoms with van der Waals surface area (Å²) in [6.07, 6.45) is 22.0. The van der Waals surface area contributed by atoms with Gasteiger partial charge in [0.2, 0.25) is 0 Å². The van der Waals surface area contributed by atoms with Crippen LogP contribution < -0.4 is 0 Å². The molecule has 0 amide bonds. The van der Waals surface area contributed by atoms with E-state index in [2.05, 4.69) is 19.1 Å². The highest BCUT2D eigenvalue weighted by Gasteiger charge is 2.29. The number of rotatable bonds is 4. The highest BCUT2D eigenvalue weighted by atomic mass is 19.1. The summed E-state index contributed by atoms with van der Waals surface area (Å²) >= 11 is 0. The summed E-state index contributed by atoms with van der Waals surface area (Å²) in [6.45, 7) is 2.44. The smallest absolute Gasteiger partial charge is 0.123 e. The summed E-state index contributed by atoms with van der Waals surface area (Å²) in [5, 5.41) is 0. The lowest BCUT2D eigenvalue weighted by Crippen LogP contribution is -2.24. The predicted octanol–water partition coefficient (Wildman–Crippen LogP) is 8.29. The quantitative estimate of drug-likeness (QED) is 0.459. The fourth-order valence-electron chi connectivity index (χ4n) is 6.26. The van der Waals surface area contributed by atoms with Crippen LogP contribution in [0.1, 0.15) is 95.5 Å². The van der Waals surface area contributed by atoms with Gasteiger partial charge in [0.15, 0.2) is 0 Å². The maximum atomic E-state index is 13.1. The molecule has 0 nitrogen and oxygen atoms in total. The monoisotopic (exact) mass is 382 g/mol. The van der Waals surface area contributed by atoms with E-state index in [0.29, 0.717) is 5.92 Å². The lowest BCUT2D eigenvalue weighted by atomic mass is 9.69. The Labute approximate surface area is 172 Å². The van der Waals surface area contributed by atoms with Gasteiger partial charge in [-0.3, -0.25) is 0 Å². The molecule has 3 saturated carbocycles. The van der Waals surface area contributed by atoms with Crippen molar-refractivity contribution in [3.8, 4) is 0 Å². The molecule has 0 unspecified atom stereocenters. The van der Waals surface area contributed by atoms with Crippen molar-refractivity contribution in [1.82, 2.24) is 0 Å². The molecular weight excluding hydrogens is 343 g/mol. The van der Waals surface area contributed by atoms with Gasteiger partial charge in [-0.05, 0) is 117 Å². The first-order valence-corrected chi connectivity index (χ1v) is 12.1. The highest BCUT2D eigenvalue weighted by molar-refractivity contribution is 5.21. The molecule has 0 radical (unpaired) electrons. The van der Waals surface area contributed by atoms with E-state index in [-0.39, 0.29) is 5.82 Å². The Morgan fingerprint density at radius 2 is 1.11 bits per heavy atom. The summed E-state index contributed by atoms with van der Waals surface area (Å²) in [5.41, 5.74) is 1.33. The minimum atomic E-state index is -0.117. The van der Waals surface area contributed by atoms with Crippen molar-refractivity contribution in [2.75, 3.05) is 0 Å². The van der Waals surface area contributed by atoms with E-state index in [1.807, 2.05) is 12.1 Å². The van der Waals surface area contributed by atoms with E-state index in [1.165, 1.54) is 82.6 Å². The molecule has 0 atom stereocenters. The molecule has 154 valence electrons. The Kier molecular flexibility index (Phi) is 6.91. The summed E-state index contributed by atoms with van der Waals surface area (Å²) in [4.78, 5) is 0. The van der Waals surface area contributed by atoms with Gasteiger partial charge in [-0.25, -0.2) is 4.39 Å². The highest BCUT2D eigenvalue weighted by Crippen LogP contribution is 2.42. The second-order valence-corrected chi connectivity index (χ2v) is 10.2. The molecular formula is C27H39F. The van der Waals surface area contributed by atoms with Crippen LogP contribution in [0, 0.1) is 35.4 Å². The lowest BCUT2D eigenvalue weighted by molar-refractivity contribution is 0.160. The Morgan fingerprint density at radius 3 is 1.64 bits per heavy atom. The van der Waals surface area contributed by atoms with Crippen molar-refractivity contribution in [1.29, 1.82) is 0 Å². The summed E-state index contributed by atoms with van der Waals surface area (Å²) < 4.78 is 13.1. The van der Waals surface area contributed by atoms with Crippen molar-refractivity contribution in [3.05, 3.63) is 47.8 Å². The molecule has 0 spiro atoms. The summed E-state index contributed by atoms with van der Waals surface area (Å²) in [6, 6.07) is 7.21. The fourth-order valence-corrected chi connectivity index (χ4v) is 6.26. The van der Waals surface area contributed by atoms with Crippen molar-refractivity contribution >= 4 is 0 Å². The molecule has 1 aromatic rings. The maximum Gasteiger partial charge on any atom is 0.123 e. The molecule has 0 bridgehead atoms. The van der Waals surface area contributed by atoms with Gasteiger partial charge in [-0.2, -0.15) is 0 Å². The molecule has 3 aliphatic rings. The average molecular weight is 383 g/mol. The zero-order valence-corrected chi connectivity index (χ0v) is 17.8. The molecule has 1 heteroatoms. The van der Waals surface area contributed by atoms with Gasteiger partial charge in [0.25, 0.3) is 0 Å². The number of benzene rings is 1. The van der Waals surface area contributed by atoms with Gasteiger partial charge in [0.1, 0.15) is 5.82 Å². The molecule has 28 heavy (non-hydrogen) atoms. The Morgan fingerprint density at radius 1 is 0.643 bits per heavy atom. The standard InChI is InChI=1S/C27H39F/c1-20-2-10-23(11-3-20)24-12-6-21(7-13-24)4-5-22-8-14-25(15-9-22)26-16-18-27(28)19-17-26/h4-5,16-25H,2-3,6-15H2,1H3/t20-,21-,22-,23-,24-,25-. The SMILES string of the molecule is C[C@H]1CC[C@H]([C@H]2CC[C@H](C=C[C@H]3CC[C@H](c4ccc(F)cc4)CC3)CC2)CC1. The average Bonchev–Trinajstić information content (AvgIpc) is 2.74. The van der Waals surface area contributed by atoms with Crippen LogP contribution in [0.4, 0.5) is 4.39 Å². The van der Waals surface area contributed by atoms with Gasteiger partial charge in [0.05, 0.1) is 0 Å². The molecule has 3 aliphatic carbocycles. The second kappa shape index (κ2) is 9.59. The van der Waals surface area contributed by atoms with Gasteiger partial charge in [-0.1, -0.05) is 44.1 Å². The summed E-state index contributed by atoms with van der Waals surface area (Å²) in [5.74, 6) is 5.19. The van der Waals surface area contributed by atoms with E-state index in [4.69, 9.17) is 0 Å². The van der Waals surface area contributed by atoms with Gasteiger partial charge in [0, 0.05) is 0 Å². The molecule has 3 fully saturated rings. The van der Waals surface area contributed by atoms with Gasteiger partial charge in [-0.15, -0.1) is 0 Å². The molecule has 0 N–H and O–H groups in total. The van der Waals surface area contributed by atoms with Crippen LogP contribution in [0.2, 0.25) is 0 Å². The first-order chi connectivity index (χ1) is 13.7. The van der Waals surface area contributed by atoms with E-state index in [1.54, 1.807) is 12.1 Å². The van der Waals surface area contributed by atoms with Crippen LogP contribution in [0.3, 0.4) is 0 Å². The van der Waals surface area contributed by atoms with Crippen molar-refractivity contribution in [2.24, 2.45) is 29.6 Å². The largest absolute Gasteiger partial charge is 0.207 e. The Hall–Kier alpha value is -1.11. The first kappa shape index (κ1) is 20.2. The topological polar surface area (TPSA) is 0 Å². The van der Waals surface area contributed by atoms with Gasteiger partial charge < -0.3 is 0 Å². The minimum Gasteiger partial charge on any atom is -0.207 e. The van der Waals surface area contributed by atoms with Crippen LogP contribution >= 0.6 is 0 Å². The van der Waals surface area contributed by atoms with Crippen LogP contribution in [0.25, 0.3) is 0 Å². The third kappa shape index (κ3) is 5.28. The Bertz CT molecular complexity index is 606. The van der Waals surface area contributed by atoms with E-state index in [9.17, 15) is 4.39 Å². The summed E-state index contributed by atoms with van der Waals surface area (Å²) in [7, 11) is 0. The maximum absolute atomic E-state index is 13.1. The molecule has 0 saturated heterocycles. The number of halogens is 1. The number of hydrogen-bond donors (Lipinski definition) is 0. The number of hydrogen-bond acceptors (Lipinski definition) is 0. The molecule has 0 aliphatic heterocycles. The van der Waals surface area contributed by atoms with E-state index in [0.717, 1.165) is 29.6 Å². The first-order valence-electron chi connectivity index (χ1n) is 12.1. The fraction of sp³-hybridized carbons (Fsp3) is 0.704. The zero-order chi connectivity index (χ0) is 19.3. The number of allylic oxidation sites excluding steroid dienone is 2. The van der Waals surface area contributed by atoms with Crippen LogP contribution in [-0.2, 0) is 0 Å². The van der Waals surface area contributed by atoms with Crippen LogP contribution in [0.5, 0.6) is 0 Å². The zero-order valence-electron chi connectivity index (χ0n) is 17.8. The Balaban J connectivity index is 1.18. The third-order valence-electron chi connectivity index (χ3n) is 8.31. The molecule has 0 heterocycles. The van der Waals surface area contributed by atoms with Crippen LogP contribution in [-0.4, -0.2) is 0 Å². The van der Waals surface area contributed by atoms with Crippen LogP contribution in [0.15, 0.2) is 36.4 Å². The third-order valence-corrected chi connectivity index (χ3v) is 8.31. The van der Waals surface area contributed by atoms with Gasteiger partial charge >= 0.3 is 0 Å². The van der Waals surface area contributed by atoms with Crippen molar-refractivity contribution in [3.63, 3.8) is 0 Å².